The van der Waals surface area contributed by atoms with Crippen molar-refractivity contribution < 1.29 is 0 Å². The third kappa shape index (κ3) is 3.57. The van der Waals surface area contributed by atoms with Gasteiger partial charge in [-0.25, -0.2) is 0 Å². The van der Waals surface area contributed by atoms with E-state index in [4.69, 9.17) is 0 Å². The minimum atomic E-state index is 0.440. The summed E-state index contributed by atoms with van der Waals surface area (Å²) in [5.41, 5.74) is 0.440. The molecule has 1 N–H and O–H groups in total. The van der Waals surface area contributed by atoms with E-state index in [1.807, 2.05) is 0 Å². The van der Waals surface area contributed by atoms with Gasteiger partial charge in [-0.2, -0.15) is 0 Å². The molecule has 1 saturated carbocycles. The van der Waals surface area contributed by atoms with E-state index in [0.717, 1.165) is 18.4 Å². The maximum Gasteiger partial charge on any atom is -0.000000942 e. The van der Waals surface area contributed by atoms with Crippen LogP contribution < -0.4 is 5.32 Å². The lowest BCUT2D eigenvalue weighted by molar-refractivity contribution is 0.200. The number of nitrogens with one attached hydrogen (secondary N) is 1. The minimum absolute atomic E-state index is 0.440. The molecule has 12 heavy (non-hydrogen) atoms. The van der Waals surface area contributed by atoms with E-state index in [1.165, 1.54) is 19.4 Å². The van der Waals surface area contributed by atoms with Crippen LogP contribution in [0.15, 0.2) is 0 Å². The molecule has 0 aromatic rings. The highest BCUT2D eigenvalue weighted by molar-refractivity contribution is 4.78. The summed E-state index contributed by atoms with van der Waals surface area (Å²) in [5.74, 6) is 1.97. The Bertz CT molecular complexity index is 128. The average Bonchev–Trinajstić information content (AvgIpc) is 1.81. The number of rotatable bonds is 3. The second-order valence-electron chi connectivity index (χ2n) is 5.63. The van der Waals surface area contributed by atoms with Crippen molar-refractivity contribution in [3.05, 3.63) is 0 Å². The van der Waals surface area contributed by atoms with Crippen LogP contribution >= 0.6 is 0 Å². The van der Waals surface area contributed by atoms with Crippen molar-refractivity contribution in [2.24, 2.45) is 17.3 Å². The van der Waals surface area contributed by atoms with Crippen LogP contribution in [0.4, 0.5) is 0 Å². The molecule has 0 saturated heterocycles. The molecule has 0 aromatic heterocycles. The van der Waals surface area contributed by atoms with E-state index in [1.54, 1.807) is 0 Å². The van der Waals surface area contributed by atoms with Gasteiger partial charge in [-0.05, 0) is 43.2 Å². The van der Waals surface area contributed by atoms with Crippen molar-refractivity contribution in [1.29, 1.82) is 0 Å². The third-order valence-corrected chi connectivity index (χ3v) is 2.56. The maximum absolute atomic E-state index is 3.55. The molecular weight excluding hydrogens is 146 g/mol. The molecule has 0 bridgehead atoms. The van der Waals surface area contributed by atoms with Crippen molar-refractivity contribution >= 4 is 0 Å². The van der Waals surface area contributed by atoms with E-state index in [9.17, 15) is 0 Å². The molecule has 0 atom stereocenters. The van der Waals surface area contributed by atoms with Crippen molar-refractivity contribution in [2.75, 3.05) is 13.1 Å². The van der Waals surface area contributed by atoms with Gasteiger partial charge in [-0.3, -0.25) is 0 Å². The molecule has 0 aliphatic heterocycles. The summed E-state index contributed by atoms with van der Waals surface area (Å²) < 4.78 is 0. The lowest BCUT2D eigenvalue weighted by Gasteiger charge is -2.33. The summed E-state index contributed by atoms with van der Waals surface area (Å²) in [6, 6.07) is 0. The zero-order valence-electron chi connectivity index (χ0n) is 8.98. The van der Waals surface area contributed by atoms with Crippen molar-refractivity contribution in [3.63, 3.8) is 0 Å². The summed E-state index contributed by atoms with van der Waals surface area (Å²) in [5, 5.41) is 3.55. The van der Waals surface area contributed by atoms with E-state index in [0.29, 0.717) is 5.41 Å². The Hall–Kier alpha value is -0.0400. The Balaban J connectivity index is 1.97. The first-order valence-corrected chi connectivity index (χ1v) is 5.18. The van der Waals surface area contributed by atoms with Gasteiger partial charge in [0.05, 0.1) is 0 Å². The summed E-state index contributed by atoms with van der Waals surface area (Å²) in [6.07, 6.45) is 2.88. The van der Waals surface area contributed by atoms with Gasteiger partial charge in [-0.1, -0.05) is 27.7 Å². The molecule has 1 rings (SSSR count). The van der Waals surface area contributed by atoms with Gasteiger partial charge in [0.25, 0.3) is 0 Å². The number of hydrogen-bond donors (Lipinski definition) is 1. The van der Waals surface area contributed by atoms with Crippen molar-refractivity contribution in [1.82, 2.24) is 5.32 Å². The summed E-state index contributed by atoms with van der Waals surface area (Å²) >= 11 is 0. The largest absolute Gasteiger partial charge is 0.316 e. The summed E-state index contributed by atoms with van der Waals surface area (Å²) in [7, 11) is 0. The van der Waals surface area contributed by atoms with Crippen LogP contribution in [0.5, 0.6) is 0 Å². The smallest absolute Gasteiger partial charge is 0.000000942 e. The van der Waals surface area contributed by atoms with Gasteiger partial charge in [-0.15, -0.1) is 0 Å². The SMILES string of the molecule is CC1CC(CNCC(C)(C)C)C1. The van der Waals surface area contributed by atoms with Crippen LogP contribution in [0.1, 0.15) is 40.5 Å². The second kappa shape index (κ2) is 3.78. The predicted molar refractivity (Wildman–Crippen MR) is 54.2 cm³/mol. The average molecular weight is 169 g/mol. The molecule has 0 heterocycles. The van der Waals surface area contributed by atoms with Gasteiger partial charge >= 0.3 is 0 Å². The van der Waals surface area contributed by atoms with Crippen molar-refractivity contribution in [3.8, 4) is 0 Å². The fourth-order valence-electron chi connectivity index (χ4n) is 1.89. The fourth-order valence-corrected chi connectivity index (χ4v) is 1.89. The summed E-state index contributed by atoms with van der Waals surface area (Å²) in [4.78, 5) is 0. The van der Waals surface area contributed by atoms with Crippen LogP contribution in [0.2, 0.25) is 0 Å². The normalized spacial score (nSPS) is 30.0. The Morgan fingerprint density at radius 2 is 1.83 bits per heavy atom. The van der Waals surface area contributed by atoms with Crippen LogP contribution in [-0.4, -0.2) is 13.1 Å². The van der Waals surface area contributed by atoms with Gasteiger partial charge in [0.1, 0.15) is 0 Å². The van der Waals surface area contributed by atoms with Crippen LogP contribution in [0, 0.1) is 17.3 Å². The quantitative estimate of drug-likeness (QED) is 0.685. The lowest BCUT2D eigenvalue weighted by Crippen LogP contribution is -2.35. The van der Waals surface area contributed by atoms with Gasteiger partial charge in [0.15, 0.2) is 0 Å². The van der Waals surface area contributed by atoms with Crippen LogP contribution in [0.25, 0.3) is 0 Å². The molecule has 1 heteroatoms. The molecular formula is C11H23N. The Morgan fingerprint density at radius 3 is 2.25 bits per heavy atom. The first kappa shape index (κ1) is 10.0. The fraction of sp³-hybridized carbons (Fsp3) is 1.00. The third-order valence-electron chi connectivity index (χ3n) is 2.56. The van der Waals surface area contributed by atoms with E-state index >= 15 is 0 Å². The van der Waals surface area contributed by atoms with Crippen LogP contribution in [-0.2, 0) is 0 Å². The molecule has 0 amide bonds. The Kier molecular flexibility index (Phi) is 3.16. The van der Waals surface area contributed by atoms with E-state index < -0.39 is 0 Å². The molecule has 72 valence electrons. The van der Waals surface area contributed by atoms with Gasteiger partial charge < -0.3 is 5.32 Å². The van der Waals surface area contributed by atoms with Gasteiger partial charge in [0.2, 0.25) is 0 Å². The topological polar surface area (TPSA) is 12.0 Å². The molecule has 0 spiro atoms. The second-order valence-corrected chi connectivity index (χ2v) is 5.63. The maximum atomic E-state index is 3.55. The Labute approximate surface area is 76.9 Å². The minimum Gasteiger partial charge on any atom is -0.316 e. The highest BCUT2D eigenvalue weighted by Gasteiger charge is 2.24. The van der Waals surface area contributed by atoms with Crippen LogP contribution in [0.3, 0.4) is 0 Å². The Morgan fingerprint density at radius 1 is 1.25 bits per heavy atom. The van der Waals surface area contributed by atoms with Crippen molar-refractivity contribution in [2.45, 2.75) is 40.5 Å². The van der Waals surface area contributed by atoms with E-state index in [-0.39, 0.29) is 0 Å². The monoisotopic (exact) mass is 169 g/mol. The first-order chi connectivity index (χ1) is 5.47. The molecule has 1 fully saturated rings. The highest BCUT2D eigenvalue weighted by Crippen LogP contribution is 2.32. The van der Waals surface area contributed by atoms with Gasteiger partial charge in [0, 0.05) is 0 Å². The zero-order chi connectivity index (χ0) is 9.19. The molecule has 1 nitrogen and oxygen atoms in total. The molecule has 0 aromatic carbocycles. The highest BCUT2D eigenvalue weighted by atomic mass is 14.9. The molecule has 0 unspecified atom stereocenters. The molecule has 1 aliphatic carbocycles. The van der Waals surface area contributed by atoms with E-state index in [2.05, 4.69) is 33.0 Å². The predicted octanol–water partition coefficient (Wildman–Crippen LogP) is 2.67. The zero-order valence-corrected chi connectivity index (χ0v) is 8.98. The first-order valence-electron chi connectivity index (χ1n) is 5.18. The lowest BCUT2D eigenvalue weighted by atomic mass is 9.76. The molecule has 0 radical (unpaired) electrons. The molecule has 1 aliphatic rings. The number of hydrogen-bond acceptors (Lipinski definition) is 1. The standard InChI is InChI=1S/C11H23N/c1-9-5-10(6-9)7-12-8-11(2,3)4/h9-10,12H,5-8H2,1-4H3. The summed E-state index contributed by atoms with van der Waals surface area (Å²) in [6.45, 7) is 11.6.